The largest absolute Gasteiger partial charge is 0.441 e. The lowest BCUT2D eigenvalue weighted by Crippen LogP contribution is -2.51. The number of hydrogen-bond acceptors (Lipinski definition) is 7. The summed E-state index contributed by atoms with van der Waals surface area (Å²) in [6.07, 6.45) is 10.4. The molecule has 34 heavy (non-hydrogen) atoms. The van der Waals surface area contributed by atoms with Gasteiger partial charge in [0, 0.05) is 57.2 Å². The van der Waals surface area contributed by atoms with E-state index in [1.165, 1.54) is 12.8 Å². The Hall–Kier alpha value is -2.91. The number of nitrogens with zero attached hydrogens (tertiary/aromatic N) is 5. The van der Waals surface area contributed by atoms with E-state index in [2.05, 4.69) is 45.4 Å². The maximum Gasteiger partial charge on any atom is 0.410 e. The van der Waals surface area contributed by atoms with E-state index in [4.69, 9.17) is 9.47 Å². The average Bonchev–Trinajstić information content (AvgIpc) is 3.52. The lowest BCUT2D eigenvalue weighted by Gasteiger charge is -2.37. The number of rotatable bonds is 6. The Morgan fingerprint density at radius 3 is 2.82 bits per heavy atom. The molecule has 9 heteroatoms. The molecule has 0 bridgehead atoms. The molecule has 2 atom stereocenters. The zero-order chi connectivity index (χ0) is 23.5. The Morgan fingerprint density at radius 2 is 2.15 bits per heavy atom. The standard InChI is InChI=1S/C25H34N6O3/c1-18(21-4-3-8-27-21)5-6-22(26-2)19-14-24-23(7-9-28-31(24)15-19)29-10-12-30(13-11-29)25(32)34-20-16-33-17-20/h5-7,9,14-15,18,20-21,27H,3-4,8,10-13,16-17H2,1-2H3/b6-5-,26-22+/t18?,21-/m1/s1. The van der Waals surface area contributed by atoms with E-state index >= 15 is 0 Å². The second kappa shape index (κ2) is 10.1. The van der Waals surface area contributed by atoms with Gasteiger partial charge in [-0.05, 0) is 43.5 Å². The van der Waals surface area contributed by atoms with Crippen molar-refractivity contribution in [3.63, 3.8) is 0 Å². The highest BCUT2D eigenvalue weighted by molar-refractivity contribution is 6.09. The van der Waals surface area contributed by atoms with E-state index in [9.17, 15) is 4.79 Å². The zero-order valence-electron chi connectivity index (χ0n) is 20.0. The summed E-state index contributed by atoms with van der Waals surface area (Å²) < 4.78 is 12.5. The number of anilines is 1. The lowest BCUT2D eigenvalue weighted by atomic mass is 9.99. The molecular formula is C25H34N6O3. The lowest BCUT2D eigenvalue weighted by molar-refractivity contribution is -0.104. The van der Waals surface area contributed by atoms with Gasteiger partial charge in [-0.1, -0.05) is 13.0 Å². The Kier molecular flexibility index (Phi) is 6.82. The number of allylic oxidation sites excluding steroid dienone is 1. The van der Waals surface area contributed by atoms with Crippen LogP contribution in [0.2, 0.25) is 0 Å². The van der Waals surface area contributed by atoms with Crippen LogP contribution in [0, 0.1) is 5.92 Å². The van der Waals surface area contributed by atoms with Crippen LogP contribution in [0.5, 0.6) is 0 Å². The molecule has 182 valence electrons. The van der Waals surface area contributed by atoms with E-state index in [1.54, 1.807) is 4.90 Å². The van der Waals surface area contributed by atoms with Gasteiger partial charge in [-0.2, -0.15) is 5.10 Å². The first-order valence-electron chi connectivity index (χ1n) is 12.3. The van der Waals surface area contributed by atoms with E-state index in [0.717, 1.165) is 42.1 Å². The summed E-state index contributed by atoms with van der Waals surface area (Å²) in [6, 6.07) is 4.75. The third-order valence-corrected chi connectivity index (χ3v) is 7.07. The zero-order valence-corrected chi connectivity index (χ0v) is 20.0. The number of carbonyl (C=O) groups excluding carboxylic acids is 1. The van der Waals surface area contributed by atoms with Gasteiger partial charge in [0.1, 0.15) is 0 Å². The predicted octanol–water partition coefficient (Wildman–Crippen LogP) is 2.35. The van der Waals surface area contributed by atoms with Crippen molar-refractivity contribution in [2.24, 2.45) is 10.9 Å². The third-order valence-electron chi connectivity index (χ3n) is 7.07. The number of piperazine rings is 1. The molecular weight excluding hydrogens is 432 g/mol. The number of carbonyl (C=O) groups is 1. The summed E-state index contributed by atoms with van der Waals surface area (Å²) in [5.41, 5.74) is 4.16. The first-order valence-corrected chi connectivity index (χ1v) is 12.3. The maximum atomic E-state index is 12.4. The van der Waals surface area contributed by atoms with E-state index in [-0.39, 0.29) is 12.2 Å². The van der Waals surface area contributed by atoms with Crippen molar-refractivity contribution in [1.29, 1.82) is 0 Å². The highest BCUT2D eigenvalue weighted by Gasteiger charge is 2.28. The highest BCUT2D eigenvalue weighted by Crippen LogP contribution is 2.25. The molecule has 1 unspecified atom stereocenters. The van der Waals surface area contributed by atoms with Crippen molar-refractivity contribution < 1.29 is 14.3 Å². The minimum atomic E-state index is -0.240. The van der Waals surface area contributed by atoms with Crippen LogP contribution in [0.15, 0.2) is 41.7 Å². The maximum absolute atomic E-state index is 12.4. The summed E-state index contributed by atoms with van der Waals surface area (Å²) in [7, 11) is 1.84. The molecule has 0 radical (unpaired) electrons. The molecule has 3 fully saturated rings. The molecule has 3 saturated heterocycles. The van der Waals surface area contributed by atoms with Gasteiger partial charge in [-0.3, -0.25) is 4.99 Å². The van der Waals surface area contributed by atoms with E-state index < -0.39 is 0 Å². The van der Waals surface area contributed by atoms with Gasteiger partial charge < -0.3 is 24.6 Å². The van der Waals surface area contributed by atoms with Gasteiger partial charge in [0.2, 0.25) is 0 Å². The smallest absolute Gasteiger partial charge is 0.410 e. The summed E-state index contributed by atoms with van der Waals surface area (Å²) in [4.78, 5) is 21.0. The molecule has 2 aromatic rings. The SMILES string of the molecule is C/N=C(\C=C/C(C)[C@H]1CCCN1)c1cc2c(N3CCN(C(=O)OC4COC4)CC3)ccnn2c1. The Morgan fingerprint density at radius 1 is 1.32 bits per heavy atom. The average molecular weight is 467 g/mol. The van der Waals surface area contributed by atoms with Crippen molar-refractivity contribution in [2.75, 3.05) is 57.9 Å². The predicted molar refractivity (Wildman–Crippen MR) is 132 cm³/mol. The molecule has 0 aromatic carbocycles. The molecule has 2 aromatic heterocycles. The van der Waals surface area contributed by atoms with Crippen LogP contribution in [0.4, 0.5) is 10.5 Å². The fourth-order valence-electron chi connectivity index (χ4n) is 4.87. The van der Waals surface area contributed by atoms with Gasteiger partial charge in [0.15, 0.2) is 6.10 Å². The number of hydrogen-bond donors (Lipinski definition) is 1. The van der Waals surface area contributed by atoms with Crippen LogP contribution in [-0.4, -0.2) is 91.4 Å². The Labute approximate surface area is 200 Å². The Bertz CT molecular complexity index is 1060. The van der Waals surface area contributed by atoms with Crippen LogP contribution in [0.25, 0.3) is 5.52 Å². The highest BCUT2D eigenvalue weighted by atomic mass is 16.6. The first-order chi connectivity index (χ1) is 16.6. The number of ether oxygens (including phenoxy) is 2. The van der Waals surface area contributed by atoms with Gasteiger partial charge in [0.05, 0.1) is 30.1 Å². The molecule has 3 aliphatic heterocycles. The van der Waals surface area contributed by atoms with Crippen molar-refractivity contribution >= 4 is 23.0 Å². The van der Waals surface area contributed by atoms with Crippen molar-refractivity contribution in [3.05, 3.63) is 42.2 Å². The van der Waals surface area contributed by atoms with Crippen molar-refractivity contribution in [2.45, 2.75) is 31.9 Å². The molecule has 5 rings (SSSR count). The summed E-state index contributed by atoms with van der Waals surface area (Å²) in [6.45, 7) is 7.14. The molecule has 0 spiro atoms. The molecule has 1 amide bonds. The van der Waals surface area contributed by atoms with Gasteiger partial charge in [-0.25, -0.2) is 9.31 Å². The van der Waals surface area contributed by atoms with Crippen LogP contribution in [0.3, 0.4) is 0 Å². The molecule has 3 aliphatic rings. The fraction of sp³-hybridized carbons (Fsp3) is 0.560. The second-order valence-electron chi connectivity index (χ2n) is 9.32. The van der Waals surface area contributed by atoms with Gasteiger partial charge in [-0.15, -0.1) is 0 Å². The summed E-state index contributed by atoms with van der Waals surface area (Å²) in [5.74, 6) is 0.463. The van der Waals surface area contributed by atoms with Crippen LogP contribution < -0.4 is 10.2 Å². The number of aliphatic imine (C=N–C) groups is 1. The van der Waals surface area contributed by atoms with Gasteiger partial charge in [0.25, 0.3) is 0 Å². The molecule has 0 aliphatic carbocycles. The van der Waals surface area contributed by atoms with Crippen molar-refractivity contribution in [3.8, 4) is 0 Å². The van der Waals surface area contributed by atoms with Crippen LogP contribution in [-0.2, 0) is 9.47 Å². The monoisotopic (exact) mass is 466 g/mol. The second-order valence-corrected chi connectivity index (χ2v) is 9.32. The van der Waals surface area contributed by atoms with Crippen LogP contribution in [0.1, 0.15) is 25.3 Å². The normalized spacial score (nSPS) is 23.0. The van der Waals surface area contributed by atoms with Crippen LogP contribution >= 0.6 is 0 Å². The quantitative estimate of drug-likeness (QED) is 0.658. The Balaban J connectivity index is 1.27. The fourth-order valence-corrected chi connectivity index (χ4v) is 4.87. The minimum Gasteiger partial charge on any atom is -0.441 e. The van der Waals surface area contributed by atoms with Gasteiger partial charge >= 0.3 is 6.09 Å². The molecule has 9 nitrogen and oxygen atoms in total. The third kappa shape index (κ3) is 4.81. The number of fused-ring (bicyclic) bond motifs is 1. The van der Waals surface area contributed by atoms with E-state index in [1.807, 2.05) is 30.0 Å². The molecule has 5 heterocycles. The molecule has 0 saturated carbocycles. The number of nitrogens with one attached hydrogen (secondary N) is 1. The topological polar surface area (TPSA) is 83.7 Å². The minimum absolute atomic E-state index is 0.0922. The summed E-state index contributed by atoms with van der Waals surface area (Å²) >= 11 is 0. The number of amides is 1. The molecule has 1 N–H and O–H groups in total. The van der Waals surface area contributed by atoms with E-state index in [0.29, 0.717) is 38.3 Å². The first kappa shape index (κ1) is 22.9. The van der Waals surface area contributed by atoms with Crippen molar-refractivity contribution in [1.82, 2.24) is 19.8 Å². The number of aromatic nitrogens is 2. The summed E-state index contributed by atoms with van der Waals surface area (Å²) in [5, 5.41) is 8.11.